The molecule has 24 heavy (non-hydrogen) atoms. The highest BCUT2D eigenvalue weighted by atomic mass is 16.4. The highest BCUT2D eigenvalue weighted by Gasteiger charge is 2.00. The fraction of sp³-hybridized carbons (Fsp3) is 0.167. The Hall–Kier alpha value is -3.70. The maximum Gasteiger partial charge on any atom is 0.328 e. The van der Waals surface area contributed by atoms with Crippen molar-refractivity contribution in [2.24, 2.45) is 0 Å². The van der Waals surface area contributed by atoms with E-state index < -0.39 is 35.8 Å². The van der Waals surface area contributed by atoms with Crippen LogP contribution in [-0.4, -0.2) is 66.5 Å². The lowest BCUT2D eigenvalue weighted by atomic mass is 10.3. The lowest BCUT2D eigenvalue weighted by molar-refractivity contribution is -0.143. The molecule has 0 fully saturated rings. The number of hydrogen-bond acceptors (Lipinski definition) is 6. The van der Waals surface area contributed by atoms with Gasteiger partial charge in [-0.15, -0.1) is 0 Å². The summed E-state index contributed by atoms with van der Waals surface area (Å²) in [6, 6.07) is 0. The molecule has 0 radical (unpaired) electrons. The van der Waals surface area contributed by atoms with Crippen LogP contribution in [0.5, 0.6) is 0 Å². The quantitative estimate of drug-likeness (QED) is 0.315. The van der Waals surface area contributed by atoms with E-state index in [9.17, 15) is 28.8 Å². The molecule has 12 nitrogen and oxygen atoms in total. The van der Waals surface area contributed by atoms with E-state index in [1.54, 1.807) is 0 Å². The SMILES string of the molecule is O=C(O)/C=C/C(=O)O.O=C(O)/C=C/C(=O)O.O=C(O)CCC(=O)O. The maximum atomic E-state index is 9.64. The molecule has 0 aromatic rings. The number of hydrogen-bond donors (Lipinski definition) is 6. The summed E-state index contributed by atoms with van der Waals surface area (Å²) in [6.07, 6.45) is 1.64. The van der Waals surface area contributed by atoms with E-state index in [1.165, 1.54) is 0 Å². The minimum Gasteiger partial charge on any atom is -0.481 e. The predicted octanol–water partition coefficient (Wildman–Crippen LogP) is -0.641. The van der Waals surface area contributed by atoms with E-state index in [-0.39, 0.29) is 12.8 Å². The Morgan fingerprint density at radius 3 is 0.708 bits per heavy atom. The van der Waals surface area contributed by atoms with Crippen LogP contribution in [0.4, 0.5) is 0 Å². The zero-order chi connectivity index (χ0) is 19.7. The van der Waals surface area contributed by atoms with Crippen molar-refractivity contribution in [3.63, 3.8) is 0 Å². The third kappa shape index (κ3) is 42.9. The van der Waals surface area contributed by atoms with Crippen LogP contribution in [0.25, 0.3) is 0 Å². The summed E-state index contributed by atoms with van der Waals surface area (Å²) in [6.45, 7) is 0. The van der Waals surface area contributed by atoms with Crippen LogP contribution in [0.1, 0.15) is 12.8 Å². The van der Waals surface area contributed by atoms with Crippen LogP contribution in [0, 0.1) is 0 Å². The maximum absolute atomic E-state index is 9.64. The minimum atomic E-state index is -1.26. The Labute approximate surface area is 133 Å². The van der Waals surface area contributed by atoms with Gasteiger partial charge in [0.2, 0.25) is 0 Å². The van der Waals surface area contributed by atoms with Gasteiger partial charge in [0, 0.05) is 24.3 Å². The first-order valence-corrected chi connectivity index (χ1v) is 5.59. The third-order valence-corrected chi connectivity index (χ3v) is 1.29. The van der Waals surface area contributed by atoms with E-state index in [4.69, 9.17) is 30.6 Å². The Morgan fingerprint density at radius 1 is 0.458 bits per heavy atom. The smallest absolute Gasteiger partial charge is 0.328 e. The van der Waals surface area contributed by atoms with Gasteiger partial charge in [-0.2, -0.15) is 0 Å². The van der Waals surface area contributed by atoms with Crippen molar-refractivity contribution >= 4 is 35.8 Å². The monoisotopic (exact) mass is 350 g/mol. The highest BCUT2D eigenvalue weighted by molar-refractivity contribution is 5.90. The average Bonchev–Trinajstić information content (AvgIpc) is 2.42. The molecule has 0 atom stereocenters. The summed E-state index contributed by atoms with van der Waals surface area (Å²) in [4.78, 5) is 57.5. The topological polar surface area (TPSA) is 224 Å². The van der Waals surface area contributed by atoms with E-state index in [0.717, 1.165) is 0 Å². The van der Waals surface area contributed by atoms with Crippen molar-refractivity contribution in [3.05, 3.63) is 24.3 Å². The molecule has 0 aliphatic rings. The summed E-state index contributed by atoms with van der Waals surface area (Å²) >= 11 is 0. The molecule has 0 unspecified atom stereocenters. The summed E-state index contributed by atoms with van der Waals surface area (Å²) in [7, 11) is 0. The first-order valence-electron chi connectivity index (χ1n) is 5.59. The Kier molecular flexibility index (Phi) is 16.5. The largest absolute Gasteiger partial charge is 0.481 e. The molecule has 0 saturated carbocycles. The molecule has 0 saturated heterocycles. The lowest BCUT2D eigenvalue weighted by Gasteiger charge is -1.85. The second-order valence-electron chi connectivity index (χ2n) is 3.31. The second kappa shape index (κ2) is 15.7. The first kappa shape index (κ1) is 25.3. The molecule has 0 rings (SSSR count). The molecule has 0 aromatic heterocycles. The van der Waals surface area contributed by atoms with Crippen LogP contribution in [0.2, 0.25) is 0 Å². The van der Waals surface area contributed by atoms with Gasteiger partial charge in [-0.05, 0) is 0 Å². The van der Waals surface area contributed by atoms with Crippen molar-refractivity contribution in [1.29, 1.82) is 0 Å². The third-order valence-electron chi connectivity index (χ3n) is 1.29. The number of carboxylic acids is 6. The number of carboxylic acid groups (broad SMARTS) is 6. The summed E-state index contributed by atoms with van der Waals surface area (Å²) in [5, 5.41) is 47.0. The van der Waals surface area contributed by atoms with Gasteiger partial charge in [-0.25, -0.2) is 19.2 Å². The van der Waals surface area contributed by atoms with Crippen molar-refractivity contribution < 1.29 is 59.4 Å². The minimum absolute atomic E-state index is 0.296. The molecular formula is C12H14O12. The molecule has 6 N–H and O–H groups in total. The number of aliphatic carboxylic acids is 6. The van der Waals surface area contributed by atoms with Crippen molar-refractivity contribution in [2.75, 3.05) is 0 Å². The Morgan fingerprint density at radius 2 is 0.625 bits per heavy atom. The fourth-order valence-corrected chi connectivity index (χ4v) is 0.499. The van der Waals surface area contributed by atoms with Gasteiger partial charge in [-0.1, -0.05) is 0 Å². The van der Waals surface area contributed by atoms with E-state index in [1.807, 2.05) is 0 Å². The van der Waals surface area contributed by atoms with Gasteiger partial charge in [0.05, 0.1) is 12.8 Å². The van der Waals surface area contributed by atoms with Gasteiger partial charge in [0.15, 0.2) is 0 Å². The lowest BCUT2D eigenvalue weighted by Crippen LogP contribution is -2.00. The summed E-state index contributed by atoms with van der Waals surface area (Å²) in [5.41, 5.74) is 0. The second-order valence-corrected chi connectivity index (χ2v) is 3.31. The van der Waals surface area contributed by atoms with Gasteiger partial charge >= 0.3 is 35.8 Å². The van der Waals surface area contributed by atoms with Gasteiger partial charge in [-0.3, -0.25) is 9.59 Å². The van der Waals surface area contributed by atoms with Gasteiger partial charge in [0.1, 0.15) is 0 Å². The fourth-order valence-electron chi connectivity index (χ4n) is 0.499. The molecule has 0 aliphatic heterocycles. The number of carbonyl (C=O) groups is 6. The average molecular weight is 350 g/mol. The highest BCUT2D eigenvalue weighted by Crippen LogP contribution is 1.86. The zero-order valence-corrected chi connectivity index (χ0v) is 11.9. The van der Waals surface area contributed by atoms with Crippen LogP contribution in [0.3, 0.4) is 0 Å². The molecule has 0 bridgehead atoms. The molecule has 0 heterocycles. The normalized spacial score (nSPS) is 9.17. The molecular weight excluding hydrogens is 336 g/mol. The van der Waals surface area contributed by atoms with Gasteiger partial charge in [0.25, 0.3) is 0 Å². The Bertz CT molecular complexity index is 448. The standard InChI is InChI=1S/C4H6O4.2C4H4O4/c3*5-3(6)1-2-4(7)8/h1-2H2,(H,5,6)(H,7,8);2*1-2H,(H,5,6)(H,7,8)/b;2*2-1+. The molecule has 12 heteroatoms. The summed E-state index contributed by atoms with van der Waals surface area (Å²) in [5.74, 6) is -7.18. The van der Waals surface area contributed by atoms with Crippen molar-refractivity contribution in [2.45, 2.75) is 12.8 Å². The van der Waals surface area contributed by atoms with Crippen LogP contribution < -0.4 is 0 Å². The zero-order valence-electron chi connectivity index (χ0n) is 11.9. The first-order chi connectivity index (χ1) is 10.9. The van der Waals surface area contributed by atoms with Crippen LogP contribution >= 0.6 is 0 Å². The molecule has 0 amide bonds. The van der Waals surface area contributed by atoms with Crippen molar-refractivity contribution in [1.82, 2.24) is 0 Å². The van der Waals surface area contributed by atoms with E-state index in [0.29, 0.717) is 24.3 Å². The van der Waals surface area contributed by atoms with Crippen molar-refractivity contribution in [3.8, 4) is 0 Å². The molecule has 0 spiro atoms. The van der Waals surface area contributed by atoms with Crippen LogP contribution in [0.15, 0.2) is 24.3 Å². The van der Waals surface area contributed by atoms with E-state index in [2.05, 4.69) is 0 Å². The molecule has 134 valence electrons. The molecule has 0 aliphatic carbocycles. The van der Waals surface area contributed by atoms with Gasteiger partial charge < -0.3 is 30.6 Å². The number of rotatable bonds is 7. The molecule has 0 aromatic carbocycles. The Balaban J connectivity index is -0.000000276. The van der Waals surface area contributed by atoms with Crippen LogP contribution in [-0.2, 0) is 28.8 Å². The van der Waals surface area contributed by atoms with E-state index >= 15 is 0 Å². The summed E-state index contributed by atoms with van der Waals surface area (Å²) < 4.78 is 0. The predicted molar refractivity (Wildman–Crippen MR) is 73.3 cm³/mol.